The predicted molar refractivity (Wildman–Crippen MR) is 102 cm³/mol. The van der Waals surface area contributed by atoms with Crippen LogP contribution < -0.4 is 0 Å². The summed E-state index contributed by atoms with van der Waals surface area (Å²) in [5, 5.41) is 8.18. The van der Waals surface area contributed by atoms with E-state index in [2.05, 4.69) is 16.1 Å². The van der Waals surface area contributed by atoms with Crippen LogP contribution in [0.2, 0.25) is 0 Å². The van der Waals surface area contributed by atoms with Gasteiger partial charge in [0, 0.05) is 45.2 Å². The van der Waals surface area contributed by atoms with E-state index < -0.39 is 11.1 Å². The molecule has 7 heteroatoms. The molecule has 3 aliphatic heterocycles. The normalized spacial score (nSPS) is 27.5. The zero-order valence-electron chi connectivity index (χ0n) is 16.4. The van der Waals surface area contributed by atoms with Crippen LogP contribution in [-0.4, -0.2) is 52.3 Å². The Kier molecular flexibility index (Phi) is 4.98. The summed E-state index contributed by atoms with van der Waals surface area (Å²) >= 11 is 0. The summed E-state index contributed by atoms with van der Waals surface area (Å²) in [6, 6.07) is -0.177. The molecule has 7 nitrogen and oxygen atoms in total. The van der Waals surface area contributed by atoms with Crippen molar-refractivity contribution in [3.8, 4) is 12.3 Å². The van der Waals surface area contributed by atoms with Crippen LogP contribution in [0.4, 0.5) is 0 Å². The monoisotopic (exact) mass is 384 g/mol. The summed E-state index contributed by atoms with van der Waals surface area (Å²) < 4.78 is 0. The third-order valence-electron chi connectivity index (χ3n) is 6.90. The zero-order valence-corrected chi connectivity index (χ0v) is 16.4. The van der Waals surface area contributed by atoms with Gasteiger partial charge in [0.15, 0.2) is 5.66 Å². The standard InChI is InChI=1S/C21H28N4O3/c1-2-3-11-21(22-23-21)12-8-17(26)24-13-6-7-16(15-24)25-18(27)14-20(19(25)28)9-4-5-10-20/h1,16H,3-15H2. The van der Waals surface area contributed by atoms with Gasteiger partial charge >= 0.3 is 0 Å². The summed E-state index contributed by atoms with van der Waals surface area (Å²) in [5.41, 5.74) is -0.894. The van der Waals surface area contributed by atoms with Gasteiger partial charge in [-0.3, -0.25) is 19.3 Å². The maximum Gasteiger partial charge on any atom is 0.236 e. The summed E-state index contributed by atoms with van der Waals surface area (Å²) in [7, 11) is 0. The molecule has 1 aliphatic carbocycles. The second kappa shape index (κ2) is 7.31. The molecule has 3 heterocycles. The van der Waals surface area contributed by atoms with Gasteiger partial charge in [-0.15, -0.1) is 12.3 Å². The number of nitrogens with zero attached hydrogens (tertiary/aromatic N) is 4. The first-order valence-corrected chi connectivity index (χ1v) is 10.5. The maximum absolute atomic E-state index is 13.0. The largest absolute Gasteiger partial charge is 0.341 e. The van der Waals surface area contributed by atoms with Gasteiger partial charge in [0.05, 0.1) is 11.5 Å². The molecule has 1 atom stereocenters. The quantitative estimate of drug-likeness (QED) is 0.521. The lowest BCUT2D eigenvalue weighted by atomic mass is 9.84. The van der Waals surface area contributed by atoms with Crippen LogP contribution in [0.25, 0.3) is 0 Å². The average molecular weight is 384 g/mol. The van der Waals surface area contributed by atoms with Crippen LogP contribution in [0.3, 0.4) is 0 Å². The zero-order chi connectivity index (χ0) is 19.8. The lowest BCUT2D eigenvalue weighted by Gasteiger charge is -2.37. The highest BCUT2D eigenvalue weighted by molar-refractivity contribution is 6.06. The van der Waals surface area contributed by atoms with Crippen molar-refractivity contribution in [2.75, 3.05) is 13.1 Å². The average Bonchev–Trinajstić information content (AvgIpc) is 3.23. The third kappa shape index (κ3) is 3.45. The molecule has 4 rings (SSSR count). The smallest absolute Gasteiger partial charge is 0.236 e. The Balaban J connectivity index is 1.34. The van der Waals surface area contributed by atoms with Gasteiger partial charge in [-0.2, -0.15) is 10.2 Å². The van der Waals surface area contributed by atoms with Gasteiger partial charge in [0.1, 0.15) is 0 Å². The van der Waals surface area contributed by atoms with Crippen molar-refractivity contribution in [1.82, 2.24) is 9.80 Å². The summed E-state index contributed by atoms with van der Waals surface area (Å²) in [6.45, 7) is 1.14. The molecule has 150 valence electrons. The first-order chi connectivity index (χ1) is 13.5. The van der Waals surface area contributed by atoms with Crippen LogP contribution in [0.15, 0.2) is 10.2 Å². The SMILES string of the molecule is C#CCCC1(CCC(=O)N2CCCC(N3C(=O)CC4(CCCC4)C3=O)C2)N=N1. The number of imide groups is 1. The van der Waals surface area contributed by atoms with E-state index in [4.69, 9.17) is 6.42 Å². The van der Waals surface area contributed by atoms with Crippen molar-refractivity contribution in [3.63, 3.8) is 0 Å². The molecule has 0 N–H and O–H groups in total. The van der Waals surface area contributed by atoms with E-state index in [1.54, 1.807) is 0 Å². The van der Waals surface area contributed by atoms with Gasteiger partial charge in [0.25, 0.3) is 0 Å². The van der Waals surface area contributed by atoms with Crippen molar-refractivity contribution >= 4 is 17.7 Å². The second-order valence-electron chi connectivity index (χ2n) is 8.76. The molecule has 1 unspecified atom stereocenters. The molecule has 0 bridgehead atoms. The van der Waals surface area contributed by atoms with Crippen molar-refractivity contribution in [3.05, 3.63) is 0 Å². The lowest BCUT2D eigenvalue weighted by Crippen LogP contribution is -2.52. The number of terminal acetylenes is 1. The van der Waals surface area contributed by atoms with Crippen LogP contribution in [-0.2, 0) is 14.4 Å². The molecular weight excluding hydrogens is 356 g/mol. The highest BCUT2D eigenvalue weighted by atomic mass is 16.2. The summed E-state index contributed by atoms with van der Waals surface area (Å²) in [5.74, 6) is 2.61. The molecule has 0 aromatic rings. The van der Waals surface area contributed by atoms with E-state index in [1.165, 1.54) is 4.90 Å². The van der Waals surface area contributed by atoms with Crippen LogP contribution >= 0.6 is 0 Å². The Morgan fingerprint density at radius 2 is 1.93 bits per heavy atom. The fraction of sp³-hybridized carbons (Fsp3) is 0.762. The highest BCUT2D eigenvalue weighted by Crippen LogP contribution is 2.48. The molecule has 3 amide bonds. The fourth-order valence-electron chi connectivity index (χ4n) is 5.16. The fourth-order valence-corrected chi connectivity index (χ4v) is 5.16. The number of amides is 3. The minimum absolute atomic E-state index is 0.0121. The van der Waals surface area contributed by atoms with Gasteiger partial charge in [0.2, 0.25) is 17.7 Å². The molecule has 2 saturated heterocycles. The van der Waals surface area contributed by atoms with Crippen molar-refractivity contribution < 1.29 is 14.4 Å². The van der Waals surface area contributed by atoms with Gasteiger partial charge in [-0.05, 0) is 25.7 Å². The second-order valence-corrected chi connectivity index (χ2v) is 8.76. The number of carbonyl (C=O) groups excluding carboxylic acids is 3. The van der Waals surface area contributed by atoms with E-state index in [-0.39, 0.29) is 23.8 Å². The Hall–Kier alpha value is -2.23. The van der Waals surface area contributed by atoms with Crippen LogP contribution in [0.5, 0.6) is 0 Å². The van der Waals surface area contributed by atoms with Crippen molar-refractivity contribution in [2.24, 2.45) is 15.6 Å². The molecule has 4 aliphatic rings. The minimum Gasteiger partial charge on any atom is -0.341 e. The summed E-state index contributed by atoms with van der Waals surface area (Å²) in [6.07, 6.45) is 13.2. The van der Waals surface area contributed by atoms with Crippen LogP contribution in [0, 0.1) is 17.8 Å². The molecular formula is C21H28N4O3. The number of piperidine rings is 1. The highest BCUT2D eigenvalue weighted by Gasteiger charge is 2.54. The topological polar surface area (TPSA) is 82.4 Å². The van der Waals surface area contributed by atoms with Crippen molar-refractivity contribution in [2.45, 2.75) is 82.3 Å². The van der Waals surface area contributed by atoms with E-state index >= 15 is 0 Å². The third-order valence-corrected chi connectivity index (χ3v) is 6.90. The predicted octanol–water partition coefficient (Wildman–Crippen LogP) is 2.65. The number of hydrogen-bond donors (Lipinski definition) is 0. The molecule has 28 heavy (non-hydrogen) atoms. The number of rotatable bonds is 6. The first-order valence-electron chi connectivity index (χ1n) is 10.5. The Labute approximate surface area is 165 Å². The maximum atomic E-state index is 13.0. The molecule has 0 aromatic heterocycles. The first kappa shape index (κ1) is 19.1. The van der Waals surface area contributed by atoms with E-state index in [0.717, 1.165) is 38.5 Å². The molecule has 1 spiro atoms. The molecule has 0 aromatic carbocycles. The van der Waals surface area contributed by atoms with Gasteiger partial charge in [-0.1, -0.05) is 12.8 Å². The van der Waals surface area contributed by atoms with Crippen molar-refractivity contribution in [1.29, 1.82) is 0 Å². The van der Waals surface area contributed by atoms with Crippen LogP contribution in [0.1, 0.15) is 70.6 Å². The van der Waals surface area contributed by atoms with E-state index in [9.17, 15) is 14.4 Å². The summed E-state index contributed by atoms with van der Waals surface area (Å²) in [4.78, 5) is 41.7. The number of carbonyl (C=O) groups is 3. The van der Waals surface area contributed by atoms with E-state index in [0.29, 0.717) is 45.2 Å². The lowest BCUT2D eigenvalue weighted by molar-refractivity contribution is -0.147. The van der Waals surface area contributed by atoms with Gasteiger partial charge < -0.3 is 4.90 Å². The minimum atomic E-state index is -0.451. The molecule has 3 fully saturated rings. The number of hydrogen-bond acceptors (Lipinski definition) is 5. The Bertz CT molecular complexity index is 741. The number of likely N-dealkylation sites (tertiary alicyclic amines) is 2. The van der Waals surface area contributed by atoms with Gasteiger partial charge in [-0.25, -0.2) is 0 Å². The molecule has 1 saturated carbocycles. The van der Waals surface area contributed by atoms with E-state index in [1.807, 2.05) is 4.90 Å². The molecule has 0 radical (unpaired) electrons. The Morgan fingerprint density at radius 1 is 1.18 bits per heavy atom. The Morgan fingerprint density at radius 3 is 2.61 bits per heavy atom.